The van der Waals surface area contributed by atoms with Crippen molar-refractivity contribution in [2.24, 2.45) is 5.92 Å². The molecule has 0 amide bonds. The summed E-state index contributed by atoms with van der Waals surface area (Å²) >= 11 is 6.16. The molecule has 25 heavy (non-hydrogen) atoms. The normalized spacial score (nSPS) is 19.7. The Morgan fingerprint density at radius 1 is 0.920 bits per heavy atom. The Bertz CT molecular complexity index is 735. The van der Waals surface area contributed by atoms with E-state index in [0.717, 1.165) is 44.1 Å². The molecular weight excluding hydrogens is 324 g/mol. The van der Waals surface area contributed by atoms with E-state index in [1.165, 1.54) is 16.7 Å². The molecule has 3 rings (SSSR count). The van der Waals surface area contributed by atoms with E-state index < -0.39 is 0 Å². The van der Waals surface area contributed by atoms with Crippen molar-refractivity contribution in [1.82, 2.24) is 0 Å². The minimum Gasteiger partial charge on any atom is -0.123 e. The Labute approximate surface area is 156 Å². The Hall–Kier alpha value is -1.97. The fourth-order valence-electron chi connectivity index (χ4n) is 3.26. The Morgan fingerprint density at radius 2 is 1.52 bits per heavy atom. The van der Waals surface area contributed by atoms with Gasteiger partial charge in [0.1, 0.15) is 0 Å². The van der Waals surface area contributed by atoms with Gasteiger partial charge < -0.3 is 0 Å². The van der Waals surface area contributed by atoms with Crippen LogP contribution in [0, 0.1) is 17.8 Å². The lowest BCUT2D eigenvalue weighted by Gasteiger charge is -2.20. The van der Waals surface area contributed by atoms with Crippen LogP contribution in [0.15, 0.2) is 61.2 Å². The minimum atomic E-state index is 0.362. The van der Waals surface area contributed by atoms with Crippen molar-refractivity contribution < 1.29 is 0 Å². The lowest BCUT2D eigenvalue weighted by molar-refractivity contribution is 0.436. The first-order chi connectivity index (χ1) is 12.2. The smallest absolute Gasteiger partial charge is 0.0337 e. The van der Waals surface area contributed by atoms with Crippen LogP contribution in [0.2, 0.25) is 0 Å². The highest BCUT2D eigenvalue weighted by molar-refractivity contribution is 6.20. The summed E-state index contributed by atoms with van der Waals surface area (Å²) < 4.78 is 0. The summed E-state index contributed by atoms with van der Waals surface area (Å²) in [4.78, 5) is 0. The Morgan fingerprint density at radius 3 is 2.12 bits per heavy atom. The monoisotopic (exact) mass is 348 g/mol. The second-order valence-electron chi connectivity index (χ2n) is 6.82. The number of alkyl halides is 1. The predicted octanol–water partition coefficient (Wildman–Crippen LogP) is 6.62. The fourth-order valence-corrected chi connectivity index (χ4v) is 3.51. The van der Waals surface area contributed by atoms with Gasteiger partial charge in [0.2, 0.25) is 0 Å². The van der Waals surface area contributed by atoms with E-state index in [2.05, 4.69) is 67.0 Å². The quantitative estimate of drug-likeness (QED) is 0.331. The summed E-state index contributed by atoms with van der Waals surface area (Å²) in [5.74, 6) is 7.28. The van der Waals surface area contributed by atoms with Crippen molar-refractivity contribution >= 4 is 11.6 Å². The molecule has 0 spiro atoms. The summed E-state index contributed by atoms with van der Waals surface area (Å²) in [6.45, 7) is 3.78. The van der Waals surface area contributed by atoms with Crippen molar-refractivity contribution in [2.45, 2.75) is 43.9 Å². The van der Waals surface area contributed by atoms with Crippen LogP contribution in [-0.4, -0.2) is 5.38 Å². The average molecular weight is 349 g/mol. The lowest BCUT2D eigenvalue weighted by atomic mass is 9.89. The molecule has 0 unspecified atom stereocenters. The lowest BCUT2D eigenvalue weighted by Crippen LogP contribution is -2.12. The van der Waals surface area contributed by atoms with Gasteiger partial charge in [-0.15, -0.1) is 18.2 Å². The molecule has 1 aliphatic rings. The summed E-state index contributed by atoms with van der Waals surface area (Å²) in [5, 5.41) is 0.362. The average Bonchev–Trinajstić information content (AvgIpc) is 2.67. The summed E-state index contributed by atoms with van der Waals surface area (Å²) in [6.07, 6.45) is 8.53. The Kier molecular flexibility index (Phi) is 6.37. The molecule has 1 fully saturated rings. The number of halogens is 1. The molecule has 1 saturated carbocycles. The summed E-state index contributed by atoms with van der Waals surface area (Å²) in [6, 6.07) is 17.4. The third-order valence-electron chi connectivity index (χ3n) is 4.89. The minimum absolute atomic E-state index is 0.362. The maximum absolute atomic E-state index is 6.16. The molecule has 0 saturated heterocycles. The molecular formula is C24H25Cl. The zero-order valence-corrected chi connectivity index (χ0v) is 15.4. The van der Waals surface area contributed by atoms with E-state index in [-0.39, 0.29) is 0 Å². The van der Waals surface area contributed by atoms with Gasteiger partial charge in [0.05, 0.1) is 0 Å². The highest BCUT2D eigenvalue weighted by Gasteiger charge is 2.17. The van der Waals surface area contributed by atoms with Crippen LogP contribution in [0.1, 0.15) is 43.2 Å². The first kappa shape index (κ1) is 17.8. The molecule has 1 heteroatoms. The van der Waals surface area contributed by atoms with Gasteiger partial charge in [-0.2, -0.15) is 0 Å². The number of benzene rings is 2. The number of aryl methyl sites for hydroxylation is 1. The van der Waals surface area contributed by atoms with Crippen molar-refractivity contribution in [2.75, 3.05) is 0 Å². The molecule has 2 aromatic carbocycles. The van der Waals surface area contributed by atoms with E-state index >= 15 is 0 Å². The van der Waals surface area contributed by atoms with Crippen LogP contribution in [0.25, 0.3) is 11.1 Å². The molecule has 0 bridgehead atoms. The first-order valence-corrected chi connectivity index (χ1v) is 9.64. The van der Waals surface area contributed by atoms with Gasteiger partial charge in [-0.1, -0.05) is 54.3 Å². The number of allylic oxidation sites excluding steroid dienone is 1. The van der Waals surface area contributed by atoms with Crippen molar-refractivity contribution in [3.63, 3.8) is 0 Å². The van der Waals surface area contributed by atoms with Crippen molar-refractivity contribution in [1.29, 1.82) is 0 Å². The van der Waals surface area contributed by atoms with Gasteiger partial charge in [-0.25, -0.2) is 0 Å². The molecule has 0 aromatic heterocycles. The van der Waals surface area contributed by atoms with Crippen molar-refractivity contribution in [3.8, 4) is 23.0 Å². The van der Waals surface area contributed by atoms with E-state index in [1.807, 2.05) is 6.08 Å². The SMILES string of the molecule is C=CCCc1ccc(-c2ccc(C#C[C@H]3CC[C@H](Cl)CC3)cc2)cc1. The van der Waals surface area contributed by atoms with E-state index in [9.17, 15) is 0 Å². The molecule has 0 atom stereocenters. The summed E-state index contributed by atoms with van der Waals surface area (Å²) in [5.41, 5.74) is 4.95. The fraction of sp³-hybridized carbons (Fsp3) is 0.333. The molecule has 128 valence electrons. The second-order valence-corrected chi connectivity index (χ2v) is 7.44. The van der Waals surface area contributed by atoms with Gasteiger partial charge >= 0.3 is 0 Å². The van der Waals surface area contributed by atoms with Gasteiger partial charge in [0, 0.05) is 16.9 Å². The third kappa shape index (κ3) is 5.25. The highest BCUT2D eigenvalue weighted by atomic mass is 35.5. The number of hydrogen-bond donors (Lipinski definition) is 0. The van der Waals surface area contributed by atoms with Crippen LogP contribution in [0.5, 0.6) is 0 Å². The number of hydrogen-bond acceptors (Lipinski definition) is 0. The zero-order valence-electron chi connectivity index (χ0n) is 14.7. The molecule has 0 heterocycles. The highest BCUT2D eigenvalue weighted by Crippen LogP contribution is 2.27. The van der Waals surface area contributed by atoms with Crippen LogP contribution in [0.3, 0.4) is 0 Å². The third-order valence-corrected chi connectivity index (χ3v) is 5.32. The molecule has 0 N–H and O–H groups in total. The molecule has 0 aliphatic heterocycles. The topological polar surface area (TPSA) is 0 Å². The Balaban J connectivity index is 1.63. The predicted molar refractivity (Wildman–Crippen MR) is 109 cm³/mol. The maximum Gasteiger partial charge on any atom is 0.0337 e. The van der Waals surface area contributed by atoms with Gasteiger partial charge in [0.25, 0.3) is 0 Å². The molecule has 2 aromatic rings. The summed E-state index contributed by atoms with van der Waals surface area (Å²) in [7, 11) is 0. The largest absolute Gasteiger partial charge is 0.123 e. The van der Waals surface area contributed by atoms with Crippen LogP contribution >= 0.6 is 11.6 Å². The molecule has 0 nitrogen and oxygen atoms in total. The van der Waals surface area contributed by atoms with Crippen LogP contribution < -0.4 is 0 Å². The first-order valence-electron chi connectivity index (χ1n) is 9.20. The van der Waals surface area contributed by atoms with Crippen molar-refractivity contribution in [3.05, 3.63) is 72.3 Å². The maximum atomic E-state index is 6.16. The van der Waals surface area contributed by atoms with E-state index in [4.69, 9.17) is 11.6 Å². The molecule has 1 aliphatic carbocycles. The van der Waals surface area contributed by atoms with E-state index in [0.29, 0.717) is 11.3 Å². The van der Waals surface area contributed by atoms with Crippen LogP contribution in [-0.2, 0) is 6.42 Å². The van der Waals surface area contributed by atoms with Gasteiger partial charge in [-0.3, -0.25) is 0 Å². The zero-order chi connectivity index (χ0) is 17.5. The van der Waals surface area contributed by atoms with E-state index in [1.54, 1.807) is 0 Å². The standard InChI is InChI=1S/C24H25Cl/c1-2-3-4-19-7-13-22(14-8-19)23-15-9-20(10-16-23)5-6-21-11-17-24(25)18-12-21/h2,7-10,13-16,21,24H,1,3-4,11-12,17-18H2/t21-,24-. The second kappa shape index (κ2) is 8.93. The number of rotatable bonds is 4. The van der Waals surface area contributed by atoms with Crippen LogP contribution in [0.4, 0.5) is 0 Å². The van der Waals surface area contributed by atoms with Gasteiger partial charge in [-0.05, 0) is 67.3 Å². The van der Waals surface area contributed by atoms with Gasteiger partial charge in [0.15, 0.2) is 0 Å². The molecule has 0 radical (unpaired) electrons.